The number of amides is 2. The van der Waals surface area contributed by atoms with Crippen LogP contribution in [0.15, 0.2) is 0 Å². The highest BCUT2D eigenvalue weighted by Crippen LogP contribution is 2.26. The van der Waals surface area contributed by atoms with Gasteiger partial charge in [0.1, 0.15) is 11.6 Å². The summed E-state index contributed by atoms with van der Waals surface area (Å²) in [5.74, 6) is -0.0464. The first-order valence-electron chi connectivity index (χ1n) is 7.74. The van der Waals surface area contributed by atoms with E-state index in [1.54, 1.807) is 9.80 Å². The third-order valence-corrected chi connectivity index (χ3v) is 4.04. The largest absolute Gasteiger partial charge is 0.444 e. The summed E-state index contributed by atoms with van der Waals surface area (Å²) in [5.41, 5.74) is -0.561. The van der Waals surface area contributed by atoms with Crippen molar-refractivity contribution in [3.05, 3.63) is 0 Å². The van der Waals surface area contributed by atoms with Crippen LogP contribution in [0.5, 0.6) is 0 Å². The number of likely N-dealkylation sites (tertiary alicyclic amines) is 2. The van der Waals surface area contributed by atoms with Gasteiger partial charge in [0.2, 0.25) is 5.91 Å². The Bertz CT molecular complexity index is 405. The van der Waals surface area contributed by atoms with E-state index >= 15 is 0 Å². The van der Waals surface area contributed by atoms with Crippen LogP contribution in [-0.4, -0.2) is 64.3 Å². The first-order chi connectivity index (χ1) is 9.83. The van der Waals surface area contributed by atoms with Crippen LogP contribution < -0.4 is 0 Å². The molecule has 120 valence electrons. The van der Waals surface area contributed by atoms with E-state index in [1.165, 1.54) is 0 Å². The van der Waals surface area contributed by atoms with Gasteiger partial charge >= 0.3 is 6.09 Å². The molecule has 0 spiro atoms. The van der Waals surface area contributed by atoms with E-state index in [1.807, 2.05) is 20.8 Å². The molecule has 2 amide bonds. The molecule has 0 aromatic carbocycles. The fourth-order valence-electron chi connectivity index (χ4n) is 3.07. The SMILES string of the molecule is CC(C)(C)OC(=O)N1CCCC1C(=O)N1CCC[C@H]1CO. The van der Waals surface area contributed by atoms with Gasteiger partial charge in [0.25, 0.3) is 0 Å². The van der Waals surface area contributed by atoms with E-state index in [2.05, 4.69) is 0 Å². The van der Waals surface area contributed by atoms with E-state index in [0.717, 1.165) is 19.3 Å². The van der Waals surface area contributed by atoms with Crippen LogP contribution in [0, 0.1) is 0 Å². The molecule has 1 N–H and O–H groups in total. The lowest BCUT2D eigenvalue weighted by Gasteiger charge is -2.32. The Morgan fingerprint density at radius 3 is 2.38 bits per heavy atom. The Morgan fingerprint density at radius 1 is 1.14 bits per heavy atom. The summed E-state index contributed by atoms with van der Waals surface area (Å²) >= 11 is 0. The number of hydrogen-bond acceptors (Lipinski definition) is 4. The van der Waals surface area contributed by atoms with Gasteiger partial charge in [0.15, 0.2) is 0 Å². The quantitative estimate of drug-likeness (QED) is 0.836. The predicted octanol–water partition coefficient (Wildman–Crippen LogP) is 1.37. The molecule has 2 rings (SSSR count). The highest BCUT2D eigenvalue weighted by atomic mass is 16.6. The lowest BCUT2D eigenvalue weighted by atomic mass is 10.1. The maximum atomic E-state index is 12.7. The second-order valence-electron chi connectivity index (χ2n) is 6.84. The molecule has 0 saturated carbocycles. The van der Waals surface area contributed by atoms with Crippen LogP contribution in [0.25, 0.3) is 0 Å². The van der Waals surface area contributed by atoms with Crippen molar-refractivity contribution in [1.29, 1.82) is 0 Å². The van der Waals surface area contributed by atoms with Crippen molar-refractivity contribution in [2.45, 2.75) is 64.1 Å². The molecule has 1 unspecified atom stereocenters. The van der Waals surface area contributed by atoms with E-state index in [9.17, 15) is 14.7 Å². The second kappa shape index (κ2) is 6.22. The van der Waals surface area contributed by atoms with Gasteiger partial charge in [-0.15, -0.1) is 0 Å². The average Bonchev–Trinajstić information content (AvgIpc) is 3.04. The number of aliphatic hydroxyl groups excluding tert-OH is 1. The van der Waals surface area contributed by atoms with Crippen molar-refractivity contribution in [1.82, 2.24) is 9.80 Å². The zero-order chi connectivity index (χ0) is 15.6. The molecule has 2 aliphatic heterocycles. The topological polar surface area (TPSA) is 70.1 Å². The molecule has 6 heteroatoms. The van der Waals surface area contributed by atoms with Crippen molar-refractivity contribution in [2.24, 2.45) is 0 Å². The fourth-order valence-corrected chi connectivity index (χ4v) is 3.07. The number of rotatable bonds is 2. The predicted molar refractivity (Wildman–Crippen MR) is 77.8 cm³/mol. The van der Waals surface area contributed by atoms with Gasteiger partial charge in [0, 0.05) is 13.1 Å². The molecule has 2 saturated heterocycles. The molecule has 2 heterocycles. The monoisotopic (exact) mass is 298 g/mol. The maximum absolute atomic E-state index is 12.7. The van der Waals surface area contributed by atoms with Gasteiger partial charge < -0.3 is 14.7 Å². The smallest absolute Gasteiger partial charge is 0.410 e. The molecular weight excluding hydrogens is 272 g/mol. The van der Waals surface area contributed by atoms with Gasteiger partial charge in [-0.1, -0.05) is 0 Å². The molecule has 0 aromatic heterocycles. The summed E-state index contributed by atoms with van der Waals surface area (Å²) in [6.45, 7) is 6.68. The minimum atomic E-state index is -0.561. The molecule has 0 radical (unpaired) electrons. The molecule has 21 heavy (non-hydrogen) atoms. The van der Waals surface area contributed by atoms with Crippen LogP contribution >= 0.6 is 0 Å². The van der Waals surface area contributed by atoms with E-state index in [4.69, 9.17) is 4.74 Å². The molecular formula is C15H26N2O4. The standard InChI is InChI=1S/C15H26N2O4/c1-15(2,3)21-14(20)17-9-5-7-12(17)13(19)16-8-4-6-11(16)10-18/h11-12,18H,4-10H2,1-3H3/t11-,12?/m0/s1. The Kier molecular flexibility index (Phi) is 4.76. The first-order valence-corrected chi connectivity index (χ1v) is 7.74. The zero-order valence-corrected chi connectivity index (χ0v) is 13.2. The molecule has 2 fully saturated rings. The number of aliphatic hydroxyl groups is 1. The third-order valence-electron chi connectivity index (χ3n) is 4.04. The zero-order valence-electron chi connectivity index (χ0n) is 13.2. The van der Waals surface area contributed by atoms with Crippen molar-refractivity contribution in [3.8, 4) is 0 Å². The average molecular weight is 298 g/mol. The molecule has 2 aliphatic rings. The van der Waals surface area contributed by atoms with E-state index in [-0.39, 0.29) is 18.6 Å². The van der Waals surface area contributed by atoms with Crippen LogP contribution in [0.4, 0.5) is 4.79 Å². The summed E-state index contributed by atoms with van der Waals surface area (Å²) in [7, 11) is 0. The Labute approximate surface area is 126 Å². The van der Waals surface area contributed by atoms with E-state index in [0.29, 0.717) is 19.5 Å². The van der Waals surface area contributed by atoms with Gasteiger partial charge in [-0.2, -0.15) is 0 Å². The van der Waals surface area contributed by atoms with Gasteiger partial charge in [0.05, 0.1) is 12.6 Å². The van der Waals surface area contributed by atoms with Crippen LogP contribution in [0.2, 0.25) is 0 Å². The maximum Gasteiger partial charge on any atom is 0.410 e. The Morgan fingerprint density at radius 2 is 1.76 bits per heavy atom. The van der Waals surface area contributed by atoms with Gasteiger partial charge in [-0.25, -0.2) is 4.79 Å². The molecule has 2 atom stereocenters. The minimum Gasteiger partial charge on any atom is -0.444 e. The fraction of sp³-hybridized carbons (Fsp3) is 0.867. The van der Waals surface area contributed by atoms with Crippen molar-refractivity contribution in [2.75, 3.05) is 19.7 Å². The van der Waals surface area contributed by atoms with Gasteiger partial charge in [-0.3, -0.25) is 9.69 Å². The number of carbonyl (C=O) groups is 2. The lowest BCUT2D eigenvalue weighted by molar-refractivity contribution is -0.137. The van der Waals surface area contributed by atoms with Gasteiger partial charge in [-0.05, 0) is 46.5 Å². The number of ether oxygens (including phenoxy) is 1. The van der Waals surface area contributed by atoms with Crippen LogP contribution in [0.3, 0.4) is 0 Å². The number of nitrogens with zero attached hydrogens (tertiary/aromatic N) is 2. The van der Waals surface area contributed by atoms with E-state index < -0.39 is 17.7 Å². The first kappa shape index (κ1) is 16.1. The summed E-state index contributed by atoms with van der Waals surface area (Å²) < 4.78 is 5.38. The highest BCUT2D eigenvalue weighted by molar-refractivity contribution is 5.86. The summed E-state index contributed by atoms with van der Waals surface area (Å²) in [6, 6.07) is -0.536. The highest BCUT2D eigenvalue weighted by Gasteiger charge is 2.41. The van der Waals surface area contributed by atoms with Crippen molar-refractivity contribution in [3.63, 3.8) is 0 Å². The van der Waals surface area contributed by atoms with Crippen LogP contribution in [-0.2, 0) is 9.53 Å². The number of carbonyl (C=O) groups excluding carboxylic acids is 2. The van der Waals surface area contributed by atoms with Crippen molar-refractivity contribution < 1.29 is 19.4 Å². The summed E-state index contributed by atoms with van der Waals surface area (Å²) in [5, 5.41) is 9.36. The normalized spacial score (nSPS) is 26.3. The molecule has 0 aromatic rings. The summed E-state index contributed by atoms with van der Waals surface area (Å²) in [6.07, 6.45) is 2.82. The number of hydrogen-bond donors (Lipinski definition) is 1. The Hall–Kier alpha value is -1.30. The molecule has 0 aliphatic carbocycles. The molecule has 0 bridgehead atoms. The molecule has 6 nitrogen and oxygen atoms in total. The van der Waals surface area contributed by atoms with Crippen molar-refractivity contribution >= 4 is 12.0 Å². The minimum absolute atomic E-state index is 0.00903. The second-order valence-corrected chi connectivity index (χ2v) is 6.84. The summed E-state index contributed by atoms with van der Waals surface area (Å²) in [4.78, 5) is 28.2. The van der Waals surface area contributed by atoms with Crippen LogP contribution in [0.1, 0.15) is 46.5 Å². The third kappa shape index (κ3) is 3.67. The Balaban J connectivity index is 2.04. The lowest BCUT2D eigenvalue weighted by Crippen LogP contribution is -2.50.